The summed E-state index contributed by atoms with van der Waals surface area (Å²) in [4.78, 5) is 51.5. The number of aromatic hydroxyl groups is 2. The van der Waals surface area contributed by atoms with Gasteiger partial charge in [-0.1, -0.05) is 12.1 Å². The number of carboxylic acid groups (broad SMARTS) is 1. The summed E-state index contributed by atoms with van der Waals surface area (Å²) in [7, 11) is 1.32. The number of amides is 1. The fraction of sp³-hybridized carbons (Fsp3) is 0.528. The molecule has 15 nitrogen and oxygen atoms in total. The van der Waals surface area contributed by atoms with Gasteiger partial charge in [-0.05, 0) is 26.8 Å². The van der Waals surface area contributed by atoms with Crippen LogP contribution in [0.25, 0.3) is 0 Å². The van der Waals surface area contributed by atoms with Gasteiger partial charge in [-0.15, -0.1) is 23.5 Å². The molecule has 0 bridgehead atoms. The van der Waals surface area contributed by atoms with Crippen LogP contribution in [0.5, 0.6) is 17.2 Å². The van der Waals surface area contributed by atoms with Crippen LogP contribution in [-0.4, -0.2) is 119 Å². The summed E-state index contributed by atoms with van der Waals surface area (Å²) in [6.45, 7) is 4.59. The Hall–Kier alpha value is -3.71. The lowest BCUT2D eigenvalue weighted by Gasteiger charge is -2.43. The molecule has 6 atom stereocenters. The Morgan fingerprint density at radius 3 is 2.38 bits per heavy atom. The molecule has 288 valence electrons. The van der Waals surface area contributed by atoms with Crippen molar-refractivity contribution in [1.29, 1.82) is 5.41 Å². The molecular formula is C36H44N2O13S2. The number of thioether (sulfide) groups is 2. The summed E-state index contributed by atoms with van der Waals surface area (Å²) >= 11 is 2.97. The van der Waals surface area contributed by atoms with Crippen LogP contribution in [0.15, 0.2) is 18.2 Å². The molecular weight excluding hydrogens is 733 g/mol. The van der Waals surface area contributed by atoms with Gasteiger partial charge in [-0.2, -0.15) is 0 Å². The van der Waals surface area contributed by atoms with Crippen LogP contribution >= 0.6 is 23.5 Å². The number of carbonyl (C=O) groups excluding carboxylic acids is 3. The lowest BCUT2D eigenvalue weighted by molar-refractivity contribution is -0.248. The Morgan fingerprint density at radius 2 is 1.74 bits per heavy atom. The average Bonchev–Trinajstić information content (AvgIpc) is 3.09. The highest BCUT2D eigenvalue weighted by molar-refractivity contribution is 8.18. The molecule has 5 rings (SSSR count). The van der Waals surface area contributed by atoms with Crippen LogP contribution in [0.3, 0.4) is 0 Å². The SMILES string of the molecule is COc1cccc2c1C(=O)c1c(O)c3c(c(O)c1C2=O)C[C@@](O)(C(=N)CO)C[C@@H]3O[C@H]1C[C@H](NC(=O)CCSC(C)(C)SCCC(=O)O)[C@@H](O)[C@H](C)O1. The number of aliphatic hydroxyl groups is 3. The maximum absolute atomic E-state index is 13.9. The van der Waals surface area contributed by atoms with Crippen LogP contribution in [0.4, 0.5) is 0 Å². The molecule has 0 spiro atoms. The van der Waals surface area contributed by atoms with E-state index in [1.807, 2.05) is 13.8 Å². The number of nitrogens with one attached hydrogen (secondary N) is 2. The molecule has 0 saturated carbocycles. The van der Waals surface area contributed by atoms with Crippen molar-refractivity contribution in [2.24, 2.45) is 0 Å². The second kappa shape index (κ2) is 15.9. The number of carbonyl (C=O) groups is 4. The number of fused-ring (bicyclic) bond motifs is 3. The molecule has 2 aromatic rings. The van der Waals surface area contributed by atoms with Gasteiger partial charge in [0.15, 0.2) is 12.1 Å². The molecule has 0 radical (unpaired) electrons. The number of ketones is 2. The van der Waals surface area contributed by atoms with Crippen LogP contribution in [0, 0.1) is 5.41 Å². The lowest BCUT2D eigenvalue weighted by Crippen LogP contribution is -2.56. The van der Waals surface area contributed by atoms with E-state index >= 15 is 0 Å². The van der Waals surface area contributed by atoms with Gasteiger partial charge in [0, 0.05) is 53.9 Å². The van der Waals surface area contributed by atoms with Crippen molar-refractivity contribution in [3.05, 3.63) is 51.6 Å². The summed E-state index contributed by atoms with van der Waals surface area (Å²) < 4.78 is 17.2. The minimum Gasteiger partial charge on any atom is -0.507 e. The number of phenols is 2. The number of rotatable bonds is 14. The largest absolute Gasteiger partial charge is 0.507 e. The molecule has 1 saturated heterocycles. The molecule has 2 aromatic carbocycles. The van der Waals surface area contributed by atoms with Gasteiger partial charge in [-0.25, -0.2) is 0 Å². The molecule has 1 fully saturated rings. The van der Waals surface area contributed by atoms with Crippen molar-refractivity contribution < 1.29 is 64.0 Å². The van der Waals surface area contributed by atoms with Crippen molar-refractivity contribution >= 4 is 52.7 Å². The van der Waals surface area contributed by atoms with Crippen molar-refractivity contribution in [3.63, 3.8) is 0 Å². The summed E-state index contributed by atoms with van der Waals surface area (Å²) in [5.41, 5.74) is -4.07. The third-order valence-electron chi connectivity index (χ3n) is 9.71. The Balaban J connectivity index is 1.41. The summed E-state index contributed by atoms with van der Waals surface area (Å²) in [6, 6.07) is 3.51. The van der Waals surface area contributed by atoms with Crippen LogP contribution in [-0.2, 0) is 25.5 Å². The Kier molecular flexibility index (Phi) is 12.2. The van der Waals surface area contributed by atoms with E-state index in [0.717, 1.165) is 0 Å². The zero-order chi connectivity index (χ0) is 39.0. The van der Waals surface area contributed by atoms with E-state index in [4.69, 9.17) is 24.7 Å². The van der Waals surface area contributed by atoms with Crippen LogP contribution in [0.1, 0.15) is 95.5 Å². The zero-order valence-corrected chi connectivity index (χ0v) is 31.3. The minimum atomic E-state index is -2.11. The van der Waals surface area contributed by atoms with Gasteiger partial charge in [0.25, 0.3) is 0 Å². The molecule has 3 aliphatic rings. The van der Waals surface area contributed by atoms with Crippen molar-refractivity contribution in [1.82, 2.24) is 5.32 Å². The maximum Gasteiger partial charge on any atom is 0.304 e. The van der Waals surface area contributed by atoms with Crippen LogP contribution < -0.4 is 10.1 Å². The first kappa shape index (κ1) is 40.5. The quantitative estimate of drug-likeness (QED) is 0.0666. The smallest absolute Gasteiger partial charge is 0.304 e. The van der Waals surface area contributed by atoms with E-state index in [2.05, 4.69) is 5.32 Å². The first-order chi connectivity index (χ1) is 24.9. The van der Waals surface area contributed by atoms with E-state index in [-0.39, 0.29) is 57.3 Å². The van der Waals surface area contributed by atoms with Crippen molar-refractivity contribution in [2.75, 3.05) is 25.2 Å². The highest BCUT2D eigenvalue weighted by atomic mass is 32.2. The van der Waals surface area contributed by atoms with Crippen LogP contribution in [0.2, 0.25) is 0 Å². The van der Waals surface area contributed by atoms with E-state index < -0.39 is 102 Å². The molecule has 2 aliphatic carbocycles. The molecule has 0 unspecified atom stereocenters. The van der Waals surface area contributed by atoms with Crippen molar-refractivity contribution in [2.45, 2.75) is 93.2 Å². The van der Waals surface area contributed by atoms with Gasteiger partial charge in [0.1, 0.15) is 29.0 Å². The fourth-order valence-corrected chi connectivity index (χ4v) is 9.35. The second-order valence-electron chi connectivity index (χ2n) is 13.7. The van der Waals surface area contributed by atoms with Gasteiger partial charge in [-0.3, -0.25) is 19.2 Å². The summed E-state index contributed by atoms with van der Waals surface area (Å²) in [6.07, 6.45) is -5.48. The standard InChI is InChI=1S/C36H44N2O13S2/c1-16-30(43)19(38-23(40)8-10-52-35(2,3)53-11-9-24(41)42)12-25(50-16)51-21-14-36(48,22(37)15-39)13-18-27(21)34(47)29-28(32(18)45)31(44)17-6-5-7-20(49-4)26(17)33(29)46/h5-7,16,19,21,25,30,37,39,43,45,47-48H,8-15H2,1-4H3,(H,38,40)(H,41,42)/t16-,19-,21-,25-,30-,36-/m0/s1. The monoisotopic (exact) mass is 776 g/mol. The highest BCUT2D eigenvalue weighted by Crippen LogP contribution is 2.52. The number of benzene rings is 2. The Morgan fingerprint density at radius 1 is 1.08 bits per heavy atom. The number of aliphatic carboxylic acids is 1. The molecule has 0 aromatic heterocycles. The maximum atomic E-state index is 13.9. The van der Waals surface area contributed by atoms with E-state index in [0.29, 0.717) is 11.5 Å². The number of methoxy groups -OCH3 is 1. The molecule has 1 heterocycles. The molecule has 17 heteroatoms. The molecule has 8 N–H and O–H groups in total. The number of phenolic OH excluding ortho intramolecular Hbond substituents is 2. The van der Waals surface area contributed by atoms with E-state index in [1.54, 1.807) is 6.92 Å². The van der Waals surface area contributed by atoms with E-state index in [1.165, 1.54) is 48.8 Å². The third-order valence-corrected chi connectivity index (χ3v) is 12.6. The number of ether oxygens (including phenoxy) is 3. The average molecular weight is 777 g/mol. The molecule has 53 heavy (non-hydrogen) atoms. The van der Waals surface area contributed by atoms with Gasteiger partial charge >= 0.3 is 5.97 Å². The molecule has 1 aliphatic heterocycles. The first-order valence-corrected chi connectivity index (χ1v) is 19.0. The van der Waals surface area contributed by atoms with E-state index in [9.17, 15) is 44.7 Å². The van der Waals surface area contributed by atoms with Gasteiger partial charge in [0.05, 0.1) is 64.9 Å². The number of hydrogen-bond donors (Lipinski definition) is 8. The number of aliphatic hydroxyl groups excluding tert-OH is 2. The first-order valence-electron chi connectivity index (χ1n) is 17.0. The topological polar surface area (TPSA) is 253 Å². The fourth-order valence-electron chi connectivity index (χ4n) is 6.97. The normalized spacial score (nSPS) is 25.2. The summed E-state index contributed by atoms with van der Waals surface area (Å²) in [5.74, 6) is -3.26. The zero-order valence-electron chi connectivity index (χ0n) is 29.6. The van der Waals surface area contributed by atoms with Gasteiger partial charge < -0.3 is 55.6 Å². The number of carboxylic acids is 1. The number of hydrogen-bond acceptors (Lipinski definition) is 15. The Bertz CT molecular complexity index is 1820. The predicted octanol–water partition coefficient (Wildman–Crippen LogP) is 2.68. The lowest BCUT2D eigenvalue weighted by atomic mass is 9.71. The van der Waals surface area contributed by atoms with Crippen molar-refractivity contribution in [3.8, 4) is 17.2 Å². The van der Waals surface area contributed by atoms with Gasteiger partial charge in [0.2, 0.25) is 11.7 Å². The third kappa shape index (κ3) is 8.21. The Labute approximate surface area is 313 Å². The highest BCUT2D eigenvalue weighted by Gasteiger charge is 2.49. The minimum absolute atomic E-state index is 0.0262. The summed E-state index contributed by atoms with van der Waals surface area (Å²) in [5, 5.41) is 75.9. The molecule has 1 amide bonds. The predicted molar refractivity (Wildman–Crippen MR) is 194 cm³/mol. The second-order valence-corrected chi connectivity index (χ2v) is 17.4.